The van der Waals surface area contributed by atoms with E-state index in [9.17, 15) is 5.11 Å². The summed E-state index contributed by atoms with van der Waals surface area (Å²) in [6, 6.07) is 8.27. The molecule has 1 aromatic rings. The first kappa shape index (κ1) is 10.6. The second-order valence-corrected chi connectivity index (χ2v) is 9.69. The van der Waals surface area contributed by atoms with Crippen molar-refractivity contribution in [3.63, 3.8) is 0 Å². The SMILES string of the molecule is OC1C2C3C4C1C1C2C2C3C3C4C1C2C31Oc2ccccc2O1. The van der Waals surface area contributed by atoms with Crippen LogP contribution in [0.4, 0.5) is 0 Å². The zero-order valence-electron chi connectivity index (χ0n) is 12.6. The third-order valence-corrected chi connectivity index (χ3v) is 10.1. The lowest BCUT2D eigenvalue weighted by molar-refractivity contribution is -0.131. The van der Waals surface area contributed by atoms with Crippen molar-refractivity contribution < 1.29 is 14.6 Å². The minimum Gasteiger partial charge on any atom is -0.448 e. The molecule has 1 heterocycles. The first-order chi connectivity index (χ1) is 11.3. The van der Waals surface area contributed by atoms with E-state index in [4.69, 9.17) is 9.47 Å². The summed E-state index contributed by atoms with van der Waals surface area (Å²) in [6.07, 6.45) is 0.0403. The van der Waals surface area contributed by atoms with E-state index in [0.29, 0.717) is 23.7 Å². The summed E-state index contributed by atoms with van der Waals surface area (Å²) in [5, 5.41) is 10.8. The molecule has 1 N–H and O–H groups in total. The fraction of sp³-hybridized carbons (Fsp3) is 0.700. The second kappa shape index (κ2) is 2.61. The summed E-state index contributed by atoms with van der Waals surface area (Å²) in [5.74, 6) is 10.5. The van der Waals surface area contributed by atoms with Crippen LogP contribution in [0.3, 0.4) is 0 Å². The van der Waals surface area contributed by atoms with E-state index in [2.05, 4.69) is 24.3 Å². The van der Waals surface area contributed by atoms with E-state index in [1.54, 1.807) is 0 Å². The highest BCUT2D eigenvalue weighted by Gasteiger charge is 2.97. The summed E-state index contributed by atoms with van der Waals surface area (Å²) in [6.45, 7) is 0. The Morgan fingerprint density at radius 1 is 0.652 bits per heavy atom. The van der Waals surface area contributed by atoms with Crippen molar-refractivity contribution in [2.45, 2.75) is 11.9 Å². The smallest absolute Gasteiger partial charge is 0.258 e. The summed E-state index contributed by atoms with van der Waals surface area (Å²) < 4.78 is 13.3. The van der Waals surface area contributed by atoms with Gasteiger partial charge in [0, 0.05) is 11.8 Å². The van der Waals surface area contributed by atoms with Gasteiger partial charge in [0.15, 0.2) is 11.5 Å². The van der Waals surface area contributed by atoms with Gasteiger partial charge < -0.3 is 14.6 Å². The van der Waals surface area contributed by atoms with Crippen LogP contribution < -0.4 is 9.47 Å². The molecule has 0 radical (unpaired) electrons. The van der Waals surface area contributed by atoms with Gasteiger partial charge in [-0.25, -0.2) is 0 Å². The van der Waals surface area contributed by atoms with Crippen molar-refractivity contribution in [3.8, 4) is 11.5 Å². The lowest BCUT2D eigenvalue weighted by Crippen LogP contribution is -2.46. The van der Waals surface area contributed by atoms with Crippen LogP contribution in [0.15, 0.2) is 24.3 Å². The molecule has 1 spiro atoms. The quantitative estimate of drug-likeness (QED) is 0.797. The fourth-order valence-corrected chi connectivity index (χ4v) is 10.8. The van der Waals surface area contributed by atoms with Crippen molar-refractivity contribution in [1.29, 1.82) is 0 Å². The highest BCUT2D eigenvalue weighted by molar-refractivity contribution is 5.48. The van der Waals surface area contributed by atoms with Crippen molar-refractivity contribution in [1.82, 2.24) is 0 Å². The molecule has 8 fully saturated rings. The molecule has 0 aromatic heterocycles. The highest BCUT2D eigenvalue weighted by Crippen LogP contribution is 2.94. The highest BCUT2D eigenvalue weighted by atomic mass is 16.7. The molecule has 1 aliphatic heterocycles. The molecule has 1 aromatic carbocycles. The standard InChI is InChI=1S/C20H18O3/c21-19-15-7-8-12-14-10(16(8)19)9(15)13-11(7)17(12)20(18(13)14)22-5-3-1-2-4-6(5)23-20/h1-4,7-19,21H. The van der Waals surface area contributed by atoms with Crippen LogP contribution in [0.5, 0.6) is 11.5 Å². The Kier molecular flexibility index (Phi) is 1.20. The van der Waals surface area contributed by atoms with Crippen LogP contribution in [0.1, 0.15) is 0 Å². The molecule has 4 bridgehead atoms. The molecule has 3 heteroatoms. The average molecular weight is 306 g/mol. The molecule has 10 rings (SSSR count). The Morgan fingerprint density at radius 2 is 1.09 bits per heavy atom. The minimum absolute atomic E-state index is 0.0403. The average Bonchev–Trinajstić information content (AvgIpc) is 3.30. The van der Waals surface area contributed by atoms with Crippen LogP contribution in [0.2, 0.25) is 0 Å². The number of ether oxygens (including phenoxy) is 2. The third-order valence-electron chi connectivity index (χ3n) is 10.1. The van der Waals surface area contributed by atoms with Crippen molar-refractivity contribution in [3.05, 3.63) is 24.3 Å². The Labute approximate surface area is 134 Å². The molecular formula is C20H18O3. The van der Waals surface area contributed by atoms with Gasteiger partial charge in [-0.05, 0) is 71.3 Å². The molecule has 116 valence electrons. The summed E-state index contributed by atoms with van der Waals surface area (Å²) in [4.78, 5) is 0. The van der Waals surface area contributed by atoms with Crippen LogP contribution in [-0.4, -0.2) is 17.0 Å². The molecule has 8 saturated carbocycles. The first-order valence-electron chi connectivity index (χ1n) is 9.48. The molecule has 3 nitrogen and oxygen atoms in total. The lowest BCUT2D eigenvalue weighted by Gasteiger charge is -2.30. The maximum atomic E-state index is 10.8. The molecule has 8 atom stereocenters. The zero-order chi connectivity index (χ0) is 14.4. The van der Waals surface area contributed by atoms with Gasteiger partial charge in [-0.2, -0.15) is 0 Å². The number of para-hydroxylation sites is 2. The van der Waals surface area contributed by atoms with Crippen LogP contribution in [0, 0.1) is 71.0 Å². The number of rotatable bonds is 0. The van der Waals surface area contributed by atoms with Gasteiger partial charge in [0.1, 0.15) is 0 Å². The van der Waals surface area contributed by atoms with Crippen molar-refractivity contribution >= 4 is 0 Å². The molecule has 23 heavy (non-hydrogen) atoms. The normalized spacial score (nSPS) is 69.7. The monoisotopic (exact) mass is 306 g/mol. The van der Waals surface area contributed by atoms with E-state index >= 15 is 0 Å². The van der Waals surface area contributed by atoms with Crippen LogP contribution in [0.25, 0.3) is 0 Å². The molecule has 8 unspecified atom stereocenters. The van der Waals surface area contributed by atoms with E-state index in [1.165, 1.54) is 0 Å². The largest absolute Gasteiger partial charge is 0.448 e. The van der Waals surface area contributed by atoms with Gasteiger partial charge in [0.2, 0.25) is 0 Å². The summed E-state index contributed by atoms with van der Waals surface area (Å²) in [5.41, 5.74) is 0. The second-order valence-electron chi connectivity index (χ2n) is 9.69. The van der Waals surface area contributed by atoms with Gasteiger partial charge >= 0.3 is 0 Å². The van der Waals surface area contributed by atoms with Gasteiger partial charge in [0.05, 0.1) is 6.10 Å². The Bertz CT molecular complexity index is 735. The topological polar surface area (TPSA) is 38.7 Å². The number of benzene rings is 1. The third kappa shape index (κ3) is 0.680. The zero-order valence-corrected chi connectivity index (χ0v) is 12.6. The Balaban J connectivity index is 1.31. The van der Waals surface area contributed by atoms with E-state index in [1.807, 2.05) is 0 Å². The Hall–Kier alpha value is -1.22. The van der Waals surface area contributed by atoms with Gasteiger partial charge in [-0.1, -0.05) is 12.1 Å². The van der Waals surface area contributed by atoms with E-state index in [-0.39, 0.29) is 11.9 Å². The molecule has 0 amide bonds. The maximum absolute atomic E-state index is 10.8. The number of hydrogen-bond acceptors (Lipinski definition) is 3. The predicted octanol–water partition coefficient (Wildman–Crippen LogP) is 2.00. The summed E-state index contributed by atoms with van der Waals surface area (Å²) >= 11 is 0. The number of aliphatic hydroxyl groups is 1. The molecule has 8 aliphatic carbocycles. The van der Waals surface area contributed by atoms with E-state index < -0.39 is 0 Å². The number of aliphatic hydroxyl groups excluding tert-OH is 1. The van der Waals surface area contributed by atoms with Crippen LogP contribution in [-0.2, 0) is 0 Å². The number of fused-ring (bicyclic) bond motifs is 1. The number of hydrogen-bond donors (Lipinski definition) is 1. The Morgan fingerprint density at radius 3 is 1.52 bits per heavy atom. The first-order valence-corrected chi connectivity index (χ1v) is 9.48. The van der Waals surface area contributed by atoms with E-state index in [0.717, 1.165) is 58.8 Å². The minimum atomic E-state index is -0.327. The maximum Gasteiger partial charge on any atom is 0.258 e. The predicted molar refractivity (Wildman–Crippen MR) is 78.3 cm³/mol. The summed E-state index contributed by atoms with van der Waals surface area (Å²) in [7, 11) is 0. The van der Waals surface area contributed by atoms with Gasteiger partial charge in [-0.3, -0.25) is 0 Å². The van der Waals surface area contributed by atoms with Gasteiger partial charge in [0.25, 0.3) is 5.79 Å². The molecular weight excluding hydrogens is 288 g/mol. The van der Waals surface area contributed by atoms with Crippen molar-refractivity contribution in [2.24, 2.45) is 71.0 Å². The molecule has 9 aliphatic rings. The van der Waals surface area contributed by atoms with Crippen molar-refractivity contribution in [2.75, 3.05) is 0 Å². The lowest BCUT2D eigenvalue weighted by atomic mass is 9.80. The van der Waals surface area contributed by atoms with Crippen LogP contribution >= 0.6 is 0 Å². The molecule has 0 saturated heterocycles. The fourth-order valence-electron chi connectivity index (χ4n) is 10.8. The van der Waals surface area contributed by atoms with Gasteiger partial charge in [-0.15, -0.1) is 0 Å².